The Labute approximate surface area is 145 Å². The van der Waals surface area contributed by atoms with E-state index in [1.54, 1.807) is 14.2 Å². The van der Waals surface area contributed by atoms with Crippen LogP contribution in [0.1, 0.15) is 32.9 Å². The lowest BCUT2D eigenvalue weighted by Gasteiger charge is -2.59. The molecule has 2 rings (SSSR count). The number of methoxy groups -OCH3 is 1. The Morgan fingerprint density at radius 1 is 1.38 bits per heavy atom. The number of pyridine rings is 1. The summed E-state index contributed by atoms with van der Waals surface area (Å²) in [7, 11) is 7.56. The van der Waals surface area contributed by atoms with Gasteiger partial charge in [-0.1, -0.05) is 19.9 Å². The van der Waals surface area contributed by atoms with Gasteiger partial charge in [0.2, 0.25) is 0 Å². The first-order valence-electron chi connectivity index (χ1n) is 8.39. The molecule has 24 heavy (non-hydrogen) atoms. The van der Waals surface area contributed by atoms with Crippen molar-refractivity contribution in [3.63, 3.8) is 0 Å². The van der Waals surface area contributed by atoms with E-state index in [2.05, 4.69) is 41.4 Å². The van der Waals surface area contributed by atoms with Gasteiger partial charge in [-0.2, -0.15) is 0 Å². The van der Waals surface area contributed by atoms with Crippen LogP contribution in [0.25, 0.3) is 0 Å². The van der Waals surface area contributed by atoms with Gasteiger partial charge in [0.15, 0.2) is 5.96 Å². The second kappa shape index (κ2) is 6.97. The zero-order valence-electron chi connectivity index (χ0n) is 16.0. The minimum absolute atomic E-state index is 0.0441. The van der Waals surface area contributed by atoms with Crippen LogP contribution in [-0.4, -0.2) is 50.8 Å². The van der Waals surface area contributed by atoms with Gasteiger partial charge in [0.05, 0.1) is 17.8 Å². The SMILES string of the molecule is CN=C(NCc1cccc(N(C)C)n1)NC1CC(C)(OC)C1(C)C. The third-order valence-corrected chi connectivity index (χ3v) is 5.50. The number of aromatic nitrogens is 1. The second-order valence-electron chi connectivity index (χ2n) is 7.37. The molecule has 2 unspecified atom stereocenters. The van der Waals surface area contributed by atoms with Gasteiger partial charge < -0.3 is 20.3 Å². The highest BCUT2D eigenvalue weighted by Gasteiger charge is 2.58. The fraction of sp³-hybridized carbons (Fsp3) is 0.667. The van der Waals surface area contributed by atoms with Crippen LogP contribution in [0.4, 0.5) is 5.82 Å². The molecule has 0 bridgehead atoms. The van der Waals surface area contributed by atoms with Crippen LogP contribution in [0.5, 0.6) is 0 Å². The first-order valence-corrected chi connectivity index (χ1v) is 8.39. The summed E-state index contributed by atoms with van der Waals surface area (Å²) in [5.74, 6) is 1.75. The Morgan fingerprint density at radius 2 is 2.08 bits per heavy atom. The zero-order chi connectivity index (χ0) is 18.0. The summed E-state index contributed by atoms with van der Waals surface area (Å²) in [6, 6.07) is 6.37. The number of hydrogen-bond acceptors (Lipinski definition) is 4. The van der Waals surface area contributed by atoms with Crippen molar-refractivity contribution in [2.75, 3.05) is 33.2 Å². The van der Waals surface area contributed by atoms with Gasteiger partial charge in [0.25, 0.3) is 0 Å². The van der Waals surface area contributed by atoms with Crippen LogP contribution < -0.4 is 15.5 Å². The van der Waals surface area contributed by atoms with Crippen molar-refractivity contribution < 1.29 is 4.74 Å². The molecule has 0 aromatic carbocycles. The Morgan fingerprint density at radius 3 is 2.62 bits per heavy atom. The monoisotopic (exact) mass is 333 g/mol. The predicted octanol–water partition coefficient (Wildman–Crippen LogP) is 2.02. The third kappa shape index (κ3) is 3.48. The molecule has 134 valence electrons. The topological polar surface area (TPSA) is 61.8 Å². The fourth-order valence-corrected chi connectivity index (χ4v) is 3.07. The number of aliphatic imine (C=N–C) groups is 1. The zero-order valence-corrected chi connectivity index (χ0v) is 16.0. The molecule has 1 aliphatic carbocycles. The van der Waals surface area contributed by atoms with E-state index in [1.165, 1.54) is 0 Å². The van der Waals surface area contributed by atoms with Crippen molar-refractivity contribution in [1.29, 1.82) is 0 Å². The van der Waals surface area contributed by atoms with Crippen molar-refractivity contribution in [3.05, 3.63) is 23.9 Å². The number of guanidine groups is 1. The average Bonchev–Trinajstić information content (AvgIpc) is 2.57. The van der Waals surface area contributed by atoms with E-state index in [-0.39, 0.29) is 11.0 Å². The van der Waals surface area contributed by atoms with Gasteiger partial charge in [-0.05, 0) is 25.5 Å². The largest absolute Gasteiger partial charge is 0.378 e. The molecule has 0 amide bonds. The van der Waals surface area contributed by atoms with Crippen molar-refractivity contribution in [1.82, 2.24) is 15.6 Å². The molecular weight excluding hydrogens is 302 g/mol. The molecule has 1 heterocycles. The summed E-state index contributed by atoms with van der Waals surface area (Å²) in [5.41, 5.74) is 0.937. The summed E-state index contributed by atoms with van der Waals surface area (Å²) < 4.78 is 5.68. The molecule has 1 saturated carbocycles. The Hall–Kier alpha value is -1.82. The Kier molecular flexibility index (Phi) is 5.38. The number of rotatable bonds is 5. The number of anilines is 1. The molecular formula is C18H31N5O. The molecule has 6 nitrogen and oxygen atoms in total. The van der Waals surface area contributed by atoms with Crippen molar-refractivity contribution in [3.8, 4) is 0 Å². The predicted molar refractivity (Wildman–Crippen MR) is 99.5 cm³/mol. The summed E-state index contributed by atoms with van der Waals surface area (Å²) in [6.07, 6.45) is 0.964. The molecule has 1 aromatic rings. The van der Waals surface area contributed by atoms with Crippen LogP contribution in [-0.2, 0) is 11.3 Å². The summed E-state index contributed by atoms with van der Waals surface area (Å²) in [6.45, 7) is 7.26. The van der Waals surface area contributed by atoms with E-state index in [9.17, 15) is 0 Å². The second-order valence-corrected chi connectivity index (χ2v) is 7.37. The summed E-state index contributed by atoms with van der Waals surface area (Å²) >= 11 is 0. The molecule has 2 N–H and O–H groups in total. The fourth-order valence-electron chi connectivity index (χ4n) is 3.07. The van der Waals surface area contributed by atoms with Gasteiger partial charge >= 0.3 is 0 Å². The lowest BCUT2D eigenvalue weighted by Crippen LogP contribution is -2.69. The van der Waals surface area contributed by atoms with E-state index in [1.807, 2.05) is 37.2 Å². The van der Waals surface area contributed by atoms with Gasteiger partial charge in [-0.3, -0.25) is 4.99 Å². The average molecular weight is 333 g/mol. The molecule has 6 heteroatoms. The van der Waals surface area contributed by atoms with E-state index >= 15 is 0 Å². The molecule has 1 fully saturated rings. The first kappa shape index (κ1) is 18.5. The molecule has 2 atom stereocenters. The maximum absolute atomic E-state index is 5.68. The van der Waals surface area contributed by atoms with E-state index < -0.39 is 0 Å². The number of hydrogen-bond donors (Lipinski definition) is 2. The normalized spacial score (nSPS) is 25.8. The minimum Gasteiger partial charge on any atom is -0.378 e. The maximum atomic E-state index is 5.68. The molecule has 0 spiro atoms. The Bertz CT molecular complexity index is 599. The molecule has 0 radical (unpaired) electrons. The number of nitrogens with one attached hydrogen (secondary N) is 2. The summed E-state index contributed by atoms with van der Waals surface area (Å²) in [4.78, 5) is 11.0. The van der Waals surface area contributed by atoms with Gasteiger partial charge in [0.1, 0.15) is 5.82 Å². The standard InChI is InChI=1S/C18H31N5O/c1-17(2)14(11-18(17,3)24-7)22-16(19-4)20-12-13-9-8-10-15(21-13)23(5)6/h8-10,14H,11-12H2,1-7H3,(H2,19,20,22). The van der Waals surface area contributed by atoms with Crippen molar-refractivity contribution in [2.24, 2.45) is 10.4 Å². The molecule has 1 aromatic heterocycles. The van der Waals surface area contributed by atoms with Crippen LogP contribution >= 0.6 is 0 Å². The van der Waals surface area contributed by atoms with Crippen molar-refractivity contribution >= 4 is 11.8 Å². The third-order valence-electron chi connectivity index (χ3n) is 5.50. The minimum atomic E-state index is -0.0921. The van der Waals surface area contributed by atoms with E-state index in [0.29, 0.717) is 12.6 Å². The number of nitrogens with zero attached hydrogens (tertiary/aromatic N) is 3. The Balaban J connectivity index is 1.94. The van der Waals surface area contributed by atoms with Gasteiger partial charge in [-0.15, -0.1) is 0 Å². The quantitative estimate of drug-likeness (QED) is 0.638. The summed E-state index contributed by atoms with van der Waals surface area (Å²) in [5, 5.41) is 6.86. The molecule has 0 saturated heterocycles. The van der Waals surface area contributed by atoms with Crippen LogP contribution in [0.15, 0.2) is 23.2 Å². The smallest absolute Gasteiger partial charge is 0.191 e. The van der Waals surface area contributed by atoms with Gasteiger partial charge in [-0.25, -0.2) is 4.98 Å². The molecule has 1 aliphatic rings. The van der Waals surface area contributed by atoms with Crippen LogP contribution in [0, 0.1) is 5.41 Å². The van der Waals surface area contributed by atoms with Crippen molar-refractivity contribution in [2.45, 2.75) is 45.4 Å². The highest BCUT2D eigenvalue weighted by molar-refractivity contribution is 5.80. The maximum Gasteiger partial charge on any atom is 0.191 e. The molecule has 0 aliphatic heterocycles. The lowest BCUT2D eigenvalue weighted by atomic mass is 9.56. The van der Waals surface area contributed by atoms with E-state index in [0.717, 1.165) is 23.9 Å². The highest BCUT2D eigenvalue weighted by Crippen LogP contribution is 2.51. The van der Waals surface area contributed by atoms with E-state index in [4.69, 9.17) is 4.74 Å². The lowest BCUT2D eigenvalue weighted by molar-refractivity contribution is -0.176. The van der Waals surface area contributed by atoms with Crippen LogP contribution in [0.3, 0.4) is 0 Å². The number of ether oxygens (including phenoxy) is 1. The van der Waals surface area contributed by atoms with Crippen LogP contribution in [0.2, 0.25) is 0 Å². The first-order chi connectivity index (χ1) is 11.2. The highest BCUT2D eigenvalue weighted by atomic mass is 16.5. The van der Waals surface area contributed by atoms with Gasteiger partial charge in [0, 0.05) is 39.7 Å².